The second-order valence-electron chi connectivity index (χ2n) is 6.78. The third kappa shape index (κ3) is 2.45. The summed E-state index contributed by atoms with van der Waals surface area (Å²) in [6.07, 6.45) is 2.80. The van der Waals surface area contributed by atoms with Gasteiger partial charge >= 0.3 is 5.97 Å². The predicted octanol–water partition coefficient (Wildman–Crippen LogP) is 2.88. The van der Waals surface area contributed by atoms with E-state index in [1.165, 1.54) is 11.1 Å². The highest BCUT2D eigenvalue weighted by Crippen LogP contribution is 2.61. The van der Waals surface area contributed by atoms with Crippen LogP contribution in [0.5, 0.6) is 0 Å². The third-order valence-corrected chi connectivity index (χ3v) is 5.56. The Balaban J connectivity index is 1.75. The number of hydrogen-bond acceptors (Lipinski definition) is 2. The first-order chi connectivity index (χ1) is 10.3. The maximum absolute atomic E-state index is 12.5. The molecule has 1 aromatic carbocycles. The van der Waals surface area contributed by atoms with E-state index in [0.717, 1.165) is 23.7 Å². The Labute approximate surface area is 138 Å². The summed E-state index contributed by atoms with van der Waals surface area (Å²) >= 11 is 3.49. The summed E-state index contributed by atoms with van der Waals surface area (Å²) in [5.41, 5.74) is 2.52. The number of carboxylic acids is 1. The molecule has 1 aromatic rings. The van der Waals surface area contributed by atoms with Crippen LogP contribution in [-0.2, 0) is 21.4 Å². The van der Waals surface area contributed by atoms with Gasteiger partial charge in [-0.1, -0.05) is 35.8 Å². The van der Waals surface area contributed by atoms with Crippen LogP contribution < -0.4 is 5.32 Å². The third-order valence-electron chi connectivity index (χ3n) is 5.07. The first kappa shape index (κ1) is 15.5. The summed E-state index contributed by atoms with van der Waals surface area (Å²) in [5.74, 6) is -1.29. The fourth-order valence-electron chi connectivity index (χ4n) is 3.74. The molecule has 1 amide bonds. The Morgan fingerprint density at radius 2 is 2.14 bits per heavy atom. The van der Waals surface area contributed by atoms with E-state index in [2.05, 4.69) is 33.4 Å². The Bertz CT molecular complexity index is 643. The zero-order chi connectivity index (χ0) is 16.1. The van der Waals surface area contributed by atoms with Crippen LogP contribution in [0.2, 0.25) is 0 Å². The number of benzene rings is 1. The minimum atomic E-state index is -0.964. The summed E-state index contributed by atoms with van der Waals surface area (Å²) in [4.78, 5) is 23.7. The first-order valence-electron chi connectivity index (χ1n) is 7.67. The minimum absolute atomic E-state index is 0.0554. The highest BCUT2D eigenvalue weighted by molar-refractivity contribution is 9.10. The van der Waals surface area contributed by atoms with E-state index in [9.17, 15) is 14.7 Å². The van der Waals surface area contributed by atoms with Gasteiger partial charge in [-0.05, 0) is 48.4 Å². The van der Waals surface area contributed by atoms with Crippen molar-refractivity contribution >= 4 is 27.8 Å². The lowest BCUT2D eigenvalue weighted by Crippen LogP contribution is -2.45. The normalized spacial score (nSPS) is 26.8. The summed E-state index contributed by atoms with van der Waals surface area (Å²) in [5, 5.41) is 11.9. The van der Waals surface area contributed by atoms with Crippen molar-refractivity contribution in [2.75, 3.05) is 0 Å². The number of carbonyl (C=O) groups is 2. The van der Waals surface area contributed by atoms with Gasteiger partial charge in [0.15, 0.2) is 0 Å². The molecule has 118 valence electrons. The van der Waals surface area contributed by atoms with Gasteiger partial charge in [-0.15, -0.1) is 0 Å². The predicted molar refractivity (Wildman–Crippen MR) is 86.7 cm³/mol. The second kappa shape index (κ2) is 5.37. The number of nitrogens with one attached hydrogen (secondary N) is 1. The second-order valence-corrected chi connectivity index (χ2v) is 7.70. The van der Waals surface area contributed by atoms with Gasteiger partial charge in [0.1, 0.15) is 6.04 Å². The van der Waals surface area contributed by atoms with Crippen molar-refractivity contribution in [3.63, 3.8) is 0 Å². The van der Waals surface area contributed by atoms with Crippen molar-refractivity contribution in [2.45, 2.75) is 44.6 Å². The lowest BCUT2D eigenvalue weighted by Gasteiger charge is -2.19. The summed E-state index contributed by atoms with van der Waals surface area (Å²) in [6.45, 7) is 3.62. The first-order valence-corrected chi connectivity index (χ1v) is 8.46. The number of aliphatic carboxylic acids is 1. The zero-order valence-electron chi connectivity index (χ0n) is 12.7. The molecule has 22 heavy (non-hydrogen) atoms. The van der Waals surface area contributed by atoms with Crippen LogP contribution in [0.25, 0.3) is 0 Å². The molecular weight excluding hydrogens is 346 g/mol. The molecule has 4 nitrogen and oxygen atoms in total. The van der Waals surface area contributed by atoms with E-state index in [1.807, 2.05) is 19.9 Å². The van der Waals surface area contributed by atoms with E-state index < -0.39 is 12.0 Å². The van der Waals surface area contributed by atoms with Crippen LogP contribution in [0.4, 0.5) is 0 Å². The number of fused-ring (bicyclic) bond motifs is 2. The van der Waals surface area contributed by atoms with Crippen LogP contribution in [0.3, 0.4) is 0 Å². The molecule has 3 atom stereocenters. The van der Waals surface area contributed by atoms with Gasteiger partial charge < -0.3 is 10.4 Å². The summed E-state index contributed by atoms with van der Waals surface area (Å²) in [7, 11) is 0. The van der Waals surface area contributed by atoms with Crippen molar-refractivity contribution in [1.29, 1.82) is 0 Å². The number of aryl methyl sites for hydroxylation is 1. The smallest absolute Gasteiger partial charge is 0.326 e. The molecule has 2 unspecified atom stereocenters. The highest BCUT2D eigenvalue weighted by Gasteiger charge is 2.61. The van der Waals surface area contributed by atoms with E-state index >= 15 is 0 Å². The Morgan fingerprint density at radius 1 is 1.41 bits per heavy atom. The lowest BCUT2D eigenvalue weighted by atomic mass is 9.95. The van der Waals surface area contributed by atoms with Crippen molar-refractivity contribution in [3.8, 4) is 0 Å². The van der Waals surface area contributed by atoms with Gasteiger partial charge in [0.25, 0.3) is 0 Å². The molecule has 3 rings (SSSR count). The molecular formula is C17H20BrNO3. The molecule has 2 aliphatic carbocycles. The Morgan fingerprint density at radius 3 is 2.77 bits per heavy atom. The van der Waals surface area contributed by atoms with Crippen molar-refractivity contribution in [1.82, 2.24) is 5.32 Å². The summed E-state index contributed by atoms with van der Waals surface area (Å²) < 4.78 is 1.07. The van der Waals surface area contributed by atoms with E-state index in [-0.39, 0.29) is 23.2 Å². The molecule has 1 saturated carbocycles. The maximum atomic E-state index is 12.5. The molecule has 0 aromatic heterocycles. The van der Waals surface area contributed by atoms with Gasteiger partial charge in [0, 0.05) is 15.8 Å². The molecule has 0 bridgehead atoms. The fraction of sp³-hybridized carbons (Fsp3) is 0.529. The molecule has 5 heteroatoms. The zero-order valence-corrected chi connectivity index (χ0v) is 14.3. The van der Waals surface area contributed by atoms with Crippen molar-refractivity contribution in [2.24, 2.45) is 11.8 Å². The standard InChI is InChI=1S/C17H20BrNO3/c1-9(2)14(16(21)22)19-15(20)13-8-17(13)6-5-10-7-11(18)3-4-12(10)17/h3-4,7,9,13-14H,5-6,8H2,1-2H3,(H,19,20)(H,21,22)/t13?,14-,17?/m0/s1. The molecule has 0 radical (unpaired) electrons. The van der Waals surface area contributed by atoms with E-state index in [0.29, 0.717) is 0 Å². The molecule has 0 aliphatic heterocycles. The molecule has 1 fully saturated rings. The van der Waals surface area contributed by atoms with Gasteiger partial charge in [-0.25, -0.2) is 4.79 Å². The molecule has 2 N–H and O–H groups in total. The molecule has 1 spiro atoms. The summed E-state index contributed by atoms with van der Waals surface area (Å²) in [6, 6.07) is 5.45. The van der Waals surface area contributed by atoms with Gasteiger partial charge in [0.2, 0.25) is 5.91 Å². The van der Waals surface area contributed by atoms with Crippen LogP contribution in [0.1, 0.15) is 37.8 Å². The Hall–Kier alpha value is -1.36. The van der Waals surface area contributed by atoms with Crippen LogP contribution in [0.15, 0.2) is 22.7 Å². The number of hydrogen-bond donors (Lipinski definition) is 2. The highest BCUT2D eigenvalue weighted by atomic mass is 79.9. The average molecular weight is 366 g/mol. The maximum Gasteiger partial charge on any atom is 0.326 e. The monoisotopic (exact) mass is 365 g/mol. The topological polar surface area (TPSA) is 66.4 Å². The van der Waals surface area contributed by atoms with Crippen molar-refractivity contribution < 1.29 is 14.7 Å². The largest absolute Gasteiger partial charge is 0.480 e. The number of rotatable bonds is 4. The molecule has 0 heterocycles. The SMILES string of the molecule is CC(C)[C@H](NC(=O)C1CC12CCc1cc(Br)ccc12)C(=O)O. The van der Waals surface area contributed by atoms with Crippen LogP contribution in [-0.4, -0.2) is 23.0 Å². The van der Waals surface area contributed by atoms with Crippen LogP contribution >= 0.6 is 15.9 Å². The number of carbonyl (C=O) groups excluding carboxylic acids is 1. The number of halogens is 1. The fourth-order valence-corrected chi connectivity index (χ4v) is 4.15. The minimum Gasteiger partial charge on any atom is -0.480 e. The van der Waals surface area contributed by atoms with E-state index in [4.69, 9.17) is 0 Å². The number of carboxylic acid groups (broad SMARTS) is 1. The quantitative estimate of drug-likeness (QED) is 0.861. The molecule has 2 aliphatic rings. The average Bonchev–Trinajstić information content (AvgIpc) is 3.06. The van der Waals surface area contributed by atoms with Gasteiger partial charge in [-0.2, -0.15) is 0 Å². The van der Waals surface area contributed by atoms with Crippen molar-refractivity contribution in [3.05, 3.63) is 33.8 Å². The number of amides is 1. The van der Waals surface area contributed by atoms with Gasteiger partial charge in [0.05, 0.1) is 0 Å². The van der Waals surface area contributed by atoms with E-state index in [1.54, 1.807) is 0 Å². The van der Waals surface area contributed by atoms with Crippen LogP contribution in [0, 0.1) is 11.8 Å². The van der Waals surface area contributed by atoms with Gasteiger partial charge in [-0.3, -0.25) is 4.79 Å². The lowest BCUT2D eigenvalue weighted by molar-refractivity contribution is -0.143. The molecule has 0 saturated heterocycles. The Kier molecular flexibility index (Phi) is 3.79.